The van der Waals surface area contributed by atoms with Crippen LogP contribution in [-0.4, -0.2) is 34.0 Å². The Morgan fingerprint density at radius 1 is 1.40 bits per heavy atom. The predicted octanol–water partition coefficient (Wildman–Crippen LogP) is 1.42. The molecule has 1 aromatic rings. The Morgan fingerprint density at radius 3 is 2.70 bits per heavy atom. The average Bonchev–Trinajstić information content (AvgIpc) is 2.88. The van der Waals surface area contributed by atoms with Crippen LogP contribution in [0.15, 0.2) is 46.5 Å². The molecule has 104 valence electrons. The molecule has 0 radical (unpaired) electrons. The minimum Gasteiger partial charge on any atom is -0.400 e. The van der Waals surface area contributed by atoms with Crippen molar-refractivity contribution in [3.05, 3.63) is 52.8 Å². The lowest BCUT2D eigenvalue weighted by Gasteiger charge is -2.19. The standard InChI is InChI=1S/C11H11N5O4/c1-14-4-6-15(7-5-14)11(17)13-12-8-9-2-3-10(20-9)16(18)19/h2-8H,1H3,(H,13,17)/b12-8+. The van der Waals surface area contributed by atoms with E-state index in [1.165, 1.54) is 23.2 Å². The van der Waals surface area contributed by atoms with Gasteiger partial charge in [0.25, 0.3) is 0 Å². The molecule has 1 aromatic heterocycles. The Kier molecular flexibility index (Phi) is 3.80. The third-order valence-electron chi connectivity index (χ3n) is 2.30. The second kappa shape index (κ2) is 5.69. The van der Waals surface area contributed by atoms with Gasteiger partial charge in [-0.05, 0) is 6.07 Å². The first-order valence-corrected chi connectivity index (χ1v) is 5.50. The van der Waals surface area contributed by atoms with Gasteiger partial charge in [0.2, 0.25) is 0 Å². The fourth-order valence-corrected chi connectivity index (χ4v) is 1.31. The second-order valence-electron chi connectivity index (χ2n) is 3.78. The van der Waals surface area contributed by atoms with E-state index in [9.17, 15) is 14.9 Å². The smallest absolute Gasteiger partial charge is 0.400 e. The molecular weight excluding hydrogens is 266 g/mol. The molecule has 0 unspecified atom stereocenters. The van der Waals surface area contributed by atoms with Crippen LogP contribution < -0.4 is 5.43 Å². The van der Waals surface area contributed by atoms with Crippen molar-refractivity contribution >= 4 is 18.1 Å². The van der Waals surface area contributed by atoms with Crippen LogP contribution in [0.4, 0.5) is 10.7 Å². The van der Waals surface area contributed by atoms with Crippen LogP contribution in [0.2, 0.25) is 0 Å². The van der Waals surface area contributed by atoms with E-state index in [2.05, 4.69) is 10.5 Å². The van der Waals surface area contributed by atoms with E-state index in [1.54, 1.807) is 29.7 Å². The van der Waals surface area contributed by atoms with Crippen molar-refractivity contribution in [3.63, 3.8) is 0 Å². The van der Waals surface area contributed by atoms with Crippen molar-refractivity contribution in [2.45, 2.75) is 0 Å². The molecule has 9 heteroatoms. The van der Waals surface area contributed by atoms with Gasteiger partial charge < -0.3 is 9.32 Å². The summed E-state index contributed by atoms with van der Waals surface area (Å²) >= 11 is 0. The molecule has 0 atom stereocenters. The molecule has 0 saturated carbocycles. The Balaban J connectivity index is 1.89. The minimum absolute atomic E-state index is 0.168. The van der Waals surface area contributed by atoms with Gasteiger partial charge in [0.1, 0.15) is 4.92 Å². The number of hydrogen-bond donors (Lipinski definition) is 1. The average molecular weight is 277 g/mol. The molecule has 0 bridgehead atoms. The minimum atomic E-state index is -0.657. The van der Waals surface area contributed by atoms with Gasteiger partial charge in [0.15, 0.2) is 5.76 Å². The number of carbonyl (C=O) groups is 1. The van der Waals surface area contributed by atoms with E-state index in [0.717, 1.165) is 0 Å². The van der Waals surface area contributed by atoms with Crippen LogP contribution in [0, 0.1) is 10.1 Å². The number of carbonyl (C=O) groups excluding carboxylic acids is 1. The maximum absolute atomic E-state index is 11.6. The van der Waals surface area contributed by atoms with Gasteiger partial charge >= 0.3 is 11.9 Å². The van der Waals surface area contributed by atoms with Crippen molar-refractivity contribution in [1.29, 1.82) is 0 Å². The normalized spacial score (nSPS) is 14.1. The number of amides is 2. The molecule has 0 fully saturated rings. The molecule has 0 spiro atoms. The molecule has 0 aliphatic carbocycles. The SMILES string of the molecule is CN1C=CN(C(=O)N/N=C/c2ccc([N+](=O)[O-])o2)C=C1. The third kappa shape index (κ3) is 3.22. The van der Waals surface area contributed by atoms with Gasteiger partial charge in [-0.15, -0.1) is 0 Å². The van der Waals surface area contributed by atoms with Crippen LogP contribution in [0.3, 0.4) is 0 Å². The Morgan fingerprint density at radius 2 is 2.10 bits per heavy atom. The zero-order chi connectivity index (χ0) is 14.5. The zero-order valence-corrected chi connectivity index (χ0v) is 10.5. The number of rotatable bonds is 3. The van der Waals surface area contributed by atoms with E-state index in [-0.39, 0.29) is 11.6 Å². The molecule has 0 aromatic carbocycles. The summed E-state index contributed by atoms with van der Waals surface area (Å²) in [7, 11) is 1.82. The largest absolute Gasteiger partial charge is 0.433 e. The molecule has 2 rings (SSSR count). The monoisotopic (exact) mass is 277 g/mol. The highest BCUT2D eigenvalue weighted by Gasteiger charge is 2.11. The topological polar surface area (TPSA) is 104 Å². The molecular formula is C11H11N5O4. The number of nitrogens with zero attached hydrogens (tertiary/aromatic N) is 4. The van der Waals surface area contributed by atoms with Gasteiger partial charge in [-0.2, -0.15) is 5.10 Å². The molecule has 1 aliphatic rings. The zero-order valence-electron chi connectivity index (χ0n) is 10.5. The highest BCUT2D eigenvalue weighted by atomic mass is 16.6. The second-order valence-corrected chi connectivity index (χ2v) is 3.78. The fraction of sp³-hybridized carbons (Fsp3) is 0.0909. The third-order valence-corrected chi connectivity index (χ3v) is 2.30. The molecule has 20 heavy (non-hydrogen) atoms. The molecule has 1 N–H and O–H groups in total. The summed E-state index contributed by atoms with van der Waals surface area (Å²) in [5.74, 6) is -0.218. The van der Waals surface area contributed by atoms with Crippen LogP contribution in [0.25, 0.3) is 0 Å². The summed E-state index contributed by atoms with van der Waals surface area (Å²) in [6.45, 7) is 0. The first-order valence-electron chi connectivity index (χ1n) is 5.50. The Labute approximate surface area is 113 Å². The van der Waals surface area contributed by atoms with Crippen LogP contribution in [0.1, 0.15) is 5.76 Å². The van der Waals surface area contributed by atoms with Crippen molar-refractivity contribution in [1.82, 2.24) is 15.2 Å². The van der Waals surface area contributed by atoms with Crippen molar-refractivity contribution < 1.29 is 14.1 Å². The highest BCUT2D eigenvalue weighted by molar-refractivity contribution is 5.80. The molecule has 9 nitrogen and oxygen atoms in total. The molecule has 1 aliphatic heterocycles. The van der Waals surface area contributed by atoms with Gasteiger partial charge in [0.05, 0.1) is 12.3 Å². The maximum Gasteiger partial charge on any atom is 0.433 e. The lowest BCUT2D eigenvalue weighted by Crippen LogP contribution is -2.31. The fourth-order valence-electron chi connectivity index (χ4n) is 1.31. The van der Waals surface area contributed by atoms with Crippen LogP contribution >= 0.6 is 0 Å². The van der Waals surface area contributed by atoms with Crippen molar-refractivity contribution in [2.24, 2.45) is 5.10 Å². The Bertz CT molecular complexity index is 590. The summed E-state index contributed by atoms with van der Waals surface area (Å²) in [6.07, 6.45) is 7.68. The lowest BCUT2D eigenvalue weighted by molar-refractivity contribution is -0.402. The van der Waals surface area contributed by atoms with Gasteiger partial charge in [-0.1, -0.05) is 0 Å². The number of nitro groups is 1. The summed E-state index contributed by atoms with van der Waals surface area (Å²) in [5, 5.41) is 14.0. The Hall–Kier alpha value is -3.10. The van der Waals surface area contributed by atoms with Gasteiger partial charge in [0, 0.05) is 31.8 Å². The first-order chi connectivity index (χ1) is 9.56. The summed E-state index contributed by atoms with van der Waals surface area (Å²) in [4.78, 5) is 24.5. The van der Waals surface area contributed by atoms with E-state index in [0.29, 0.717) is 0 Å². The van der Waals surface area contributed by atoms with Crippen LogP contribution in [-0.2, 0) is 0 Å². The lowest BCUT2D eigenvalue weighted by atomic mass is 10.5. The molecule has 2 heterocycles. The summed E-state index contributed by atoms with van der Waals surface area (Å²) in [6, 6.07) is 2.11. The van der Waals surface area contributed by atoms with Crippen molar-refractivity contribution in [3.8, 4) is 0 Å². The number of hydrazone groups is 1. The van der Waals surface area contributed by atoms with E-state index in [4.69, 9.17) is 4.42 Å². The highest BCUT2D eigenvalue weighted by Crippen LogP contribution is 2.13. The number of nitrogens with one attached hydrogen (secondary N) is 1. The number of furan rings is 1. The van der Waals surface area contributed by atoms with Crippen molar-refractivity contribution in [2.75, 3.05) is 7.05 Å². The first kappa shape index (κ1) is 13.3. The quantitative estimate of drug-likeness (QED) is 0.511. The summed E-state index contributed by atoms with van der Waals surface area (Å²) in [5.41, 5.74) is 2.26. The number of urea groups is 1. The van der Waals surface area contributed by atoms with E-state index in [1.807, 2.05) is 7.05 Å². The number of hydrogen-bond acceptors (Lipinski definition) is 6. The molecule has 2 amide bonds. The molecule has 0 saturated heterocycles. The van der Waals surface area contributed by atoms with E-state index < -0.39 is 11.0 Å². The summed E-state index contributed by atoms with van der Waals surface area (Å²) < 4.78 is 4.84. The van der Waals surface area contributed by atoms with Crippen LogP contribution in [0.5, 0.6) is 0 Å². The van der Waals surface area contributed by atoms with Gasteiger partial charge in [-0.25, -0.2) is 10.2 Å². The van der Waals surface area contributed by atoms with Gasteiger partial charge in [-0.3, -0.25) is 15.0 Å². The van der Waals surface area contributed by atoms with E-state index >= 15 is 0 Å². The maximum atomic E-state index is 11.6. The predicted molar refractivity (Wildman–Crippen MR) is 69.4 cm³/mol.